The van der Waals surface area contributed by atoms with E-state index in [4.69, 9.17) is 9.97 Å². The molecular formula is C15H26IN5. The number of nitrogens with one attached hydrogen (secondary N) is 1. The van der Waals surface area contributed by atoms with Crippen molar-refractivity contribution in [2.45, 2.75) is 32.7 Å². The zero-order valence-corrected chi connectivity index (χ0v) is 15.6. The van der Waals surface area contributed by atoms with Crippen LogP contribution in [0.2, 0.25) is 0 Å². The van der Waals surface area contributed by atoms with Gasteiger partial charge in [0.25, 0.3) is 0 Å². The second kappa shape index (κ2) is 7.69. The van der Waals surface area contributed by atoms with E-state index in [0.29, 0.717) is 0 Å². The maximum absolute atomic E-state index is 4.84. The SMILES string of the molecule is CCCNc1nc(C2CN(C)CCN2C)nc(CC)c1I. The quantitative estimate of drug-likeness (QED) is 0.765. The molecule has 1 N–H and O–H groups in total. The number of rotatable bonds is 5. The molecule has 0 aliphatic carbocycles. The monoisotopic (exact) mass is 403 g/mol. The van der Waals surface area contributed by atoms with Crippen molar-refractivity contribution >= 4 is 28.4 Å². The van der Waals surface area contributed by atoms with Crippen LogP contribution in [0.4, 0.5) is 5.82 Å². The Morgan fingerprint density at radius 3 is 2.67 bits per heavy atom. The van der Waals surface area contributed by atoms with Crippen molar-refractivity contribution in [2.75, 3.05) is 45.6 Å². The number of hydrogen-bond donors (Lipinski definition) is 1. The lowest BCUT2D eigenvalue weighted by molar-refractivity contribution is 0.109. The van der Waals surface area contributed by atoms with Crippen LogP contribution in [0.15, 0.2) is 0 Å². The molecule has 1 aromatic rings. The second-order valence-corrected chi connectivity index (χ2v) is 6.81. The fourth-order valence-corrected chi connectivity index (χ4v) is 3.36. The Kier molecular flexibility index (Phi) is 6.19. The van der Waals surface area contributed by atoms with Crippen molar-refractivity contribution < 1.29 is 0 Å². The van der Waals surface area contributed by atoms with Crippen LogP contribution in [-0.4, -0.2) is 60.0 Å². The molecule has 0 amide bonds. The van der Waals surface area contributed by atoms with E-state index in [-0.39, 0.29) is 6.04 Å². The van der Waals surface area contributed by atoms with Gasteiger partial charge in [-0.05, 0) is 49.5 Å². The van der Waals surface area contributed by atoms with Crippen LogP contribution in [0, 0.1) is 3.57 Å². The summed E-state index contributed by atoms with van der Waals surface area (Å²) in [7, 11) is 4.34. The van der Waals surface area contributed by atoms with Gasteiger partial charge in [0.1, 0.15) is 11.6 Å². The van der Waals surface area contributed by atoms with Crippen LogP contribution in [0.25, 0.3) is 0 Å². The number of aromatic nitrogens is 2. The third-order valence-electron chi connectivity index (χ3n) is 3.96. The second-order valence-electron chi connectivity index (χ2n) is 5.73. The van der Waals surface area contributed by atoms with Crippen LogP contribution >= 0.6 is 22.6 Å². The summed E-state index contributed by atoms with van der Waals surface area (Å²) in [6.07, 6.45) is 2.05. The van der Waals surface area contributed by atoms with Gasteiger partial charge in [-0.2, -0.15) is 0 Å². The minimum Gasteiger partial charge on any atom is -0.369 e. The highest BCUT2D eigenvalue weighted by Crippen LogP contribution is 2.26. The van der Waals surface area contributed by atoms with Crippen molar-refractivity contribution in [1.29, 1.82) is 0 Å². The normalized spacial score (nSPS) is 20.7. The third-order valence-corrected chi connectivity index (χ3v) is 5.10. The zero-order chi connectivity index (χ0) is 15.4. The van der Waals surface area contributed by atoms with E-state index in [9.17, 15) is 0 Å². The van der Waals surface area contributed by atoms with Crippen molar-refractivity contribution in [3.8, 4) is 0 Å². The molecule has 1 saturated heterocycles. The van der Waals surface area contributed by atoms with Gasteiger partial charge >= 0.3 is 0 Å². The Hall–Kier alpha value is -0.470. The highest BCUT2D eigenvalue weighted by atomic mass is 127. The highest BCUT2D eigenvalue weighted by molar-refractivity contribution is 14.1. The lowest BCUT2D eigenvalue weighted by atomic mass is 10.1. The van der Waals surface area contributed by atoms with E-state index >= 15 is 0 Å². The summed E-state index contributed by atoms with van der Waals surface area (Å²) >= 11 is 2.37. The lowest BCUT2D eigenvalue weighted by Crippen LogP contribution is -2.45. The topological polar surface area (TPSA) is 44.3 Å². The molecule has 1 fully saturated rings. The molecule has 0 bridgehead atoms. The van der Waals surface area contributed by atoms with Crippen LogP contribution in [-0.2, 0) is 6.42 Å². The van der Waals surface area contributed by atoms with Gasteiger partial charge < -0.3 is 10.2 Å². The molecule has 6 heteroatoms. The predicted octanol–water partition coefficient (Wildman–Crippen LogP) is 2.38. The zero-order valence-electron chi connectivity index (χ0n) is 13.5. The molecule has 0 saturated carbocycles. The molecule has 2 rings (SSSR count). The number of hydrogen-bond acceptors (Lipinski definition) is 5. The molecular weight excluding hydrogens is 377 g/mol. The van der Waals surface area contributed by atoms with Crippen molar-refractivity contribution in [3.63, 3.8) is 0 Å². The Balaban J connectivity index is 2.33. The highest BCUT2D eigenvalue weighted by Gasteiger charge is 2.27. The Morgan fingerprint density at radius 2 is 2.00 bits per heavy atom. The Bertz CT molecular complexity index is 479. The molecule has 21 heavy (non-hydrogen) atoms. The summed E-state index contributed by atoms with van der Waals surface area (Å²) in [5.41, 5.74) is 1.15. The number of anilines is 1. The molecule has 1 aliphatic rings. The fourth-order valence-electron chi connectivity index (χ4n) is 2.55. The molecule has 1 aromatic heterocycles. The smallest absolute Gasteiger partial charge is 0.149 e. The van der Waals surface area contributed by atoms with Crippen molar-refractivity contribution in [1.82, 2.24) is 19.8 Å². The molecule has 1 atom stereocenters. The first-order valence-corrected chi connectivity index (χ1v) is 8.83. The first-order chi connectivity index (χ1) is 10.1. The summed E-state index contributed by atoms with van der Waals surface area (Å²) in [6.45, 7) is 8.46. The van der Waals surface area contributed by atoms with Crippen molar-refractivity contribution in [3.05, 3.63) is 15.1 Å². The maximum atomic E-state index is 4.84. The van der Waals surface area contributed by atoms with Gasteiger partial charge in [-0.3, -0.25) is 4.90 Å². The van der Waals surface area contributed by atoms with Crippen molar-refractivity contribution in [2.24, 2.45) is 0 Å². The number of piperazine rings is 1. The number of aryl methyl sites for hydroxylation is 1. The van der Waals surface area contributed by atoms with E-state index in [1.54, 1.807) is 0 Å². The van der Waals surface area contributed by atoms with Gasteiger partial charge in [-0.1, -0.05) is 13.8 Å². The molecule has 0 radical (unpaired) electrons. The van der Waals surface area contributed by atoms with Crippen LogP contribution in [0.1, 0.15) is 37.8 Å². The average Bonchev–Trinajstić information content (AvgIpc) is 2.48. The molecule has 1 unspecified atom stereocenters. The third kappa shape index (κ3) is 4.04. The predicted molar refractivity (Wildman–Crippen MR) is 95.8 cm³/mol. The Labute approximate surface area is 141 Å². The van der Waals surface area contributed by atoms with E-state index in [1.807, 2.05) is 0 Å². The molecule has 2 heterocycles. The van der Waals surface area contributed by atoms with Crippen LogP contribution in [0.5, 0.6) is 0 Å². The van der Waals surface area contributed by atoms with Gasteiger partial charge in [0, 0.05) is 26.2 Å². The Morgan fingerprint density at radius 1 is 1.24 bits per heavy atom. The van der Waals surface area contributed by atoms with E-state index in [1.165, 1.54) is 3.57 Å². The van der Waals surface area contributed by atoms with Crippen LogP contribution < -0.4 is 5.32 Å². The van der Waals surface area contributed by atoms with E-state index < -0.39 is 0 Å². The fraction of sp³-hybridized carbons (Fsp3) is 0.733. The van der Waals surface area contributed by atoms with Gasteiger partial charge in [0.2, 0.25) is 0 Å². The summed E-state index contributed by atoms with van der Waals surface area (Å²) in [4.78, 5) is 14.4. The molecule has 1 aliphatic heterocycles. The average molecular weight is 403 g/mol. The largest absolute Gasteiger partial charge is 0.369 e. The molecule has 5 nitrogen and oxygen atoms in total. The standard InChI is InChI=1S/C15H26IN5/c1-5-7-17-15-13(16)11(6-2)18-14(19-15)12-10-20(3)8-9-21(12)4/h12H,5-10H2,1-4H3,(H,17,18,19). The molecule has 0 spiro atoms. The first-order valence-electron chi connectivity index (χ1n) is 7.75. The van der Waals surface area contributed by atoms with Gasteiger partial charge in [0.15, 0.2) is 0 Å². The molecule has 118 valence electrons. The number of likely N-dealkylation sites (N-methyl/N-ethyl adjacent to an activating group) is 2. The summed E-state index contributed by atoms with van der Waals surface area (Å²) in [5, 5.41) is 3.45. The first kappa shape index (κ1) is 16.9. The minimum atomic E-state index is 0.285. The molecule has 0 aromatic carbocycles. The van der Waals surface area contributed by atoms with Gasteiger partial charge in [0.05, 0.1) is 15.3 Å². The summed E-state index contributed by atoms with van der Waals surface area (Å²) < 4.78 is 1.17. The summed E-state index contributed by atoms with van der Waals surface area (Å²) in [6, 6.07) is 0.285. The number of halogens is 1. The van der Waals surface area contributed by atoms with Crippen LogP contribution in [0.3, 0.4) is 0 Å². The summed E-state index contributed by atoms with van der Waals surface area (Å²) in [5.74, 6) is 1.96. The van der Waals surface area contributed by atoms with Gasteiger partial charge in [-0.15, -0.1) is 0 Å². The maximum Gasteiger partial charge on any atom is 0.149 e. The lowest BCUT2D eigenvalue weighted by Gasteiger charge is -2.37. The number of nitrogens with zero attached hydrogens (tertiary/aromatic N) is 4. The van der Waals surface area contributed by atoms with E-state index in [0.717, 1.165) is 56.4 Å². The van der Waals surface area contributed by atoms with E-state index in [2.05, 4.69) is 65.7 Å². The minimum absolute atomic E-state index is 0.285. The van der Waals surface area contributed by atoms with Gasteiger partial charge in [-0.25, -0.2) is 9.97 Å².